The summed E-state index contributed by atoms with van der Waals surface area (Å²) in [4.78, 5) is 0. The summed E-state index contributed by atoms with van der Waals surface area (Å²) in [5.41, 5.74) is 5.47. The molecule has 0 aromatic heterocycles. The second-order valence-electron chi connectivity index (χ2n) is 3.32. The zero-order valence-electron chi connectivity index (χ0n) is 8.41. The van der Waals surface area contributed by atoms with Crippen molar-refractivity contribution >= 4 is 0 Å². The van der Waals surface area contributed by atoms with Gasteiger partial charge in [0.15, 0.2) is 0 Å². The topological polar surface area (TPSA) is 44.5 Å². The lowest BCUT2D eigenvalue weighted by Gasteiger charge is -2.35. The molecule has 1 unspecified atom stereocenters. The van der Waals surface area contributed by atoms with E-state index in [0.717, 1.165) is 5.76 Å². The van der Waals surface area contributed by atoms with E-state index < -0.39 is 5.60 Å². The minimum Gasteiger partial charge on any atom is -0.501 e. The number of hydrogen-bond donors (Lipinski definition) is 1. The van der Waals surface area contributed by atoms with E-state index in [2.05, 4.69) is 0 Å². The molecule has 13 heavy (non-hydrogen) atoms. The number of nitrogens with two attached hydrogens (primary N) is 1. The molecule has 0 aromatic carbocycles. The predicted octanol–water partition coefficient (Wildman–Crippen LogP) is 1.21. The fourth-order valence-electron chi connectivity index (χ4n) is 1.49. The maximum Gasteiger partial charge on any atom is 0.108 e. The molecule has 0 aromatic rings. The van der Waals surface area contributed by atoms with Crippen LogP contribution in [0.2, 0.25) is 0 Å². The van der Waals surface area contributed by atoms with Crippen LogP contribution in [0.5, 0.6) is 0 Å². The molecule has 1 aliphatic rings. The first-order valence-electron chi connectivity index (χ1n) is 4.38. The first-order valence-corrected chi connectivity index (χ1v) is 4.38. The maximum absolute atomic E-state index is 5.87. The molecule has 0 amide bonds. The van der Waals surface area contributed by atoms with E-state index in [0.29, 0.717) is 6.42 Å². The van der Waals surface area contributed by atoms with Crippen LogP contribution < -0.4 is 5.73 Å². The van der Waals surface area contributed by atoms with Gasteiger partial charge in [-0.05, 0) is 13.0 Å². The van der Waals surface area contributed by atoms with Crippen LogP contribution in [0.3, 0.4) is 0 Å². The van der Waals surface area contributed by atoms with Crippen molar-refractivity contribution in [3.05, 3.63) is 24.0 Å². The fourth-order valence-corrected chi connectivity index (χ4v) is 1.49. The van der Waals surface area contributed by atoms with Crippen LogP contribution in [0.25, 0.3) is 0 Å². The average Bonchev–Trinajstić information content (AvgIpc) is 2.17. The van der Waals surface area contributed by atoms with E-state index in [-0.39, 0.29) is 6.04 Å². The van der Waals surface area contributed by atoms with Gasteiger partial charge in [-0.25, -0.2) is 0 Å². The smallest absolute Gasteiger partial charge is 0.108 e. The largest absolute Gasteiger partial charge is 0.501 e. The van der Waals surface area contributed by atoms with Crippen molar-refractivity contribution in [3.8, 4) is 0 Å². The molecule has 0 saturated carbocycles. The number of ether oxygens (including phenoxy) is 2. The molecule has 0 fully saturated rings. The quantitative estimate of drug-likeness (QED) is 0.715. The van der Waals surface area contributed by atoms with Gasteiger partial charge in [0, 0.05) is 19.6 Å². The molecule has 3 nitrogen and oxygen atoms in total. The highest BCUT2D eigenvalue weighted by molar-refractivity contribution is 5.24. The summed E-state index contributed by atoms with van der Waals surface area (Å²) < 4.78 is 10.6. The Labute approximate surface area is 79.2 Å². The third-order valence-corrected chi connectivity index (χ3v) is 2.52. The molecule has 0 aliphatic heterocycles. The van der Waals surface area contributed by atoms with Crippen LogP contribution in [-0.2, 0) is 9.47 Å². The Bertz CT molecular complexity index is 233. The third kappa shape index (κ3) is 1.92. The van der Waals surface area contributed by atoms with Crippen molar-refractivity contribution in [1.29, 1.82) is 0 Å². The van der Waals surface area contributed by atoms with E-state index in [1.165, 1.54) is 0 Å². The Morgan fingerprint density at radius 3 is 2.69 bits per heavy atom. The van der Waals surface area contributed by atoms with Gasteiger partial charge in [0.25, 0.3) is 0 Å². The Morgan fingerprint density at radius 2 is 2.23 bits per heavy atom. The first-order chi connectivity index (χ1) is 6.14. The van der Waals surface area contributed by atoms with Gasteiger partial charge in [0.1, 0.15) is 5.60 Å². The van der Waals surface area contributed by atoms with Crippen molar-refractivity contribution in [1.82, 2.24) is 0 Å². The first kappa shape index (κ1) is 10.3. The van der Waals surface area contributed by atoms with Gasteiger partial charge in [-0.2, -0.15) is 0 Å². The SMILES string of the molecule is COC1=CC=CC(OC)([C@@H](C)N)C1. The van der Waals surface area contributed by atoms with Crippen LogP contribution >= 0.6 is 0 Å². The van der Waals surface area contributed by atoms with Crippen molar-refractivity contribution < 1.29 is 9.47 Å². The minimum absolute atomic E-state index is 0.0485. The molecule has 1 rings (SSSR count). The maximum atomic E-state index is 5.87. The molecule has 74 valence electrons. The predicted molar refractivity (Wildman–Crippen MR) is 52.2 cm³/mol. The Kier molecular flexibility index (Phi) is 3.12. The molecular weight excluding hydrogens is 166 g/mol. The second-order valence-corrected chi connectivity index (χ2v) is 3.32. The number of methoxy groups -OCH3 is 2. The summed E-state index contributed by atoms with van der Waals surface area (Å²) in [6, 6.07) is -0.0485. The number of allylic oxidation sites excluding steroid dienone is 2. The van der Waals surface area contributed by atoms with E-state index in [1.807, 2.05) is 25.2 Å². The standard InChI is InChI=1S/C10H17NO2/c1-8(11)10(13-3)6-4-5-9(7-10)12-2/h4-6,8H,7,11H2,1-3H3/t8-,10?/m1/s1. The van der Waals surface area contributed by atoms with Gasteiger partial charge in [-0.15, -0.1) is 0 Å². The van der Waals surface area contributed by atoms with Gasteiger partial charge in [0.05, 0.1) is 12.9 Å². The summed E-state index contributed by atoms with van der Waals surface area (Å²) in [7, 11) is 3.33. The van der Waals surface area contributed by atoms with E-state index in [1.54, 1.807) is 14.2 Å². The third-order valence-electron chi connectivity index (χ3n) is 2.52. The molecule has 0 radical (unpaired) electrons. The van der Waals surface area contributed by atoms with Crippen LogP contribution in [0.15, 0.2) is 24.0 Å². The van der Waals surface area contributed by atoms with Crippen LogP contribution in [0, 0.1) is 0 Å². The highest BCUT2D eigenvalue weighted by atomic mass is 16.5. The number of rotatable bonds is 3. The Balaban J connectivity index is 2.83. The second kappa shape index (κ2) is 3.94. The molecule has 2 atom stereocenters. The van der Waals surface area contributed by atoms with Crippen molar-refractivity contribution in [3.63, 3.8) is 0 Å². The average molecular weight is 183 g/mol. The molecule has 0 spiro atoms. The van der Waals surface area contributed by atoms with Crippen LogP contribution in [-0.4, -0.2) is 25.9 Å². The monoisotopic (exact) mass is 183 g/mol. The fraction of sp³-hybridized carbons (Fsp3) is 0.600. The van der Waals surface area contributed by atoms with E-state index >= 15 is 0 Å². The van der Waals surface area contributed by atoms with Crippen molar-refractivity contribution in [2.75, 3.05) is 14.2 Å². The van der Waals surface area contributed by atoms with Gasteiger partial charge in [-0.1, -0.05) is 12.2 Å². The lowest BCUT2D eigenvalue weighted by atomic mass is 9.87. The molecule has 0 bridgehead atoms. The highest BCUT2D eigenvalue weighted by Crippen LogP contribution is 2.28. The van der Waals surface area contributed by atoms with Crippen molar-refractivity contribution in [2.45, 2.75) is 25.0 Å². The minimum atomic E-state index is -0.403. The summed E-state index contributed by atoms with van der Waals surface area (Å²) in [6.45, 7) is 1.94. The lowest BCUT2D eigenvalue weighted by Crippen LogP contribution is -2.47. The Hall–Kier alpha value is -0.800. The van der Waals surface area contributed by atoms with E-state index in [9.17, 15) is 0 Å². The Morgan fingerprint density at radius 1 is 1.54 bits per heavy atom. The highest BCUT2D eigenvalue weighted by Gasteiger charge is 2.34. The zero-order chi connectivity index (χ0) is 9.90. The van der Waals surface area contributed by atoms with Crippen LogP contribution in [0.4, 0.5) is 0 Å². The molecule has 2 N–H and O–H groups in total. The summed E-state index contributed by atoms with van der Waals surface area (Å²) >= 11 is 0. The van der Waals surface area contributed by atoms with E-state index in [4.69, 9.17) is 15.2 Å². The van der Waals surface area contributed by atoms with Gasteiger partial charge in [0.2, 0.25) is 0 Å². The summed E-state index contributed by atoms with van der Waals surface area (Å²) in [6.07, 6.45) is 6.54. The lowest BCUT2D eigenvalue weighted by molar-refractivity contribution is 0.00363. The number of hydrogen-bond acceptors (Lipinski definition) is 3. The molecular formula is C10H17NO2. The zero-order valence-corrected chi connectivity index (χ0v) is 8.41. The summed E-state index contributed by atoms with van der Waals surface area (Å²) in [5.74, 6) is 0.904. The van der Waals surface area contributed by atoms with Gasteiger partial charge >= 0.3 is 0 Å². The van der Waals surface area contributed by atoms with Gasteiger partial charge in [-0.3, -0.25) is 0 Å². The normalized spacial score (nSPS) is 29.7. The molecule has 0 heterocycles. The molecule has 1 aliphatic carbocycles. The van der Waals surface area contributed by atoms with Gasteiger partial charge < -0.3 is 15.2 Å². The summed E-state index contributed by atoms with van der Waals surface area (Å²) in [5, 5.41) is 0. The molecule has 0 saturated heterocycles. The van der Waals surface area contributed by atoms with Crippen molar-refractivity contribution in [2.24, 2.45) is 5.73 Å². The van der Waals surface area contributed by atoms with Crippen LogP contribution in [0.1, 0.15) is 13.3 Å². The molecule has 3 heteroatoms.